The van der Waals surface area contributed by atoms with Gasteiger partial charge in [-0.15, -0.1) is 0 Å². The number of nitrogens with one attached hydrogen (secondary N) is 1. The molecule has 0 amide bonds. The maximum atomic E-state index is 6.66. The van der Waals surface area contributed by atoms with Gasteiger partial charge in [0.15, 0.2) is 5.11 Å². The Bertz CT molecular complexity index is 1460. The molecule has 0 unspecified atom stereocenters. The predicted molar refractivity (Wildman–Crippen MR) is 159 cm³/mol. The maximum absolute atomic E-state index is 6.66. The van der Waals surface area contributed by atoms with Crippen LogP contribution in [0.25, 0.3) is 5.69 Å². The first-order valence-electron chi connectivity index (χ1n) is 12.7. The molecule has 1 aliphatic heterocycles. The van der Waals surface area contributed by atoms with Crippen molar-refractivity contribution in [3.05, 3.63) is 101 Å². The van der Waals surface area contributed by atoms with Gasteiger partial charge in [0.25, 0.3) is 0 Å². The van der Waals surface area contributed by atoms with Crippen molar-refractivity contribution >= 4 is 34.6 Å². The minimum absolute atomic E-state index is 0.165. The first kappa shape index (κ1) is 27.0. The van der Waals surface area contributed by atoms with Gasteiger partial charge in [-0.3, -0.25) is 4.98 Å². The van der Waals surface area contributed by atoms with Crippen LogP contribution in [0.5, 0.6) is 11.5 Å². The second-order valence-corrected chi connectivity index (χ2v) is 10.1. The molecular formula is C30H31ClN4O3S. The van der Waals surface area contributed by atoms with Gasteiger partial charge < -0.3 is 29.0 Å². The van der Waals surface area contributed by atoms with Crippen molar-refractivity contribution in [1.82, 2.24) is 14.9 Å². The van der Waals surface area contributed by atoms with E-state index in [4.69, 9.17) is 38.0 Å². The van der Waals surface area contributed by atoms with Crippen LogP contribution in [0.4, 0.5) is 5.69 Å². The van der Waals surface area contributed by atoms with E-state index in [1.807, 2.05) is 54.7 Å². The summed E-state index contributed by atoms with van der Waals surface area (Å²) in [5.74, 6) is 1.42. The van der Waals surface area contributed by atoms with Crippen molar-refractivity contribution in [3.8, 4) is 17.2 Å². The highest BCUT2D eigenvalue weighted by atomic mass is 35.5. The molecule has 2 atom stereocenters. The molecule has 0 bridgehead atoms. The molecule has 2 aromatic carbocycles. The van der Waals surface area contributed by atoms with E-state index in [0.717, 1.165) is 39.8 Å². The van der Waals surface area contributed by atoms with Gasteiger partial charge in [-0.25, -0.2) is 0 Å². The Balaban J connectivity index is 1.59. The minimum Gasteiger partial charge on any atom is -0.497 e. The summed E-state index contributed by atoms with van der Waals surface area (Å²) in [6, 6.07) is 21.7. The first-order valence-corrected chi connectivity index (χ1v) is 13.5. The number of hydrogen-bond acceptors (Lipinski definition) is 5. The van der Waals surface area contributed by atoms with Gasteiger partial charge in [0.05, 0.1) is 36.5 Å². The number of hydrogen-bond donors (Lipinski definition) is 1. The van der Waals surface area contributed by atoms with Crippen LogP contribution in [-0.2, 0) is 4.74 Å². The molecule has 4 aromatic rings. The summed E-state index contributed by atoms with van der Waals surface area (Å²) in [4.78, 5) is 6.81. The molecule has 0 spiro atoms. The fraction of sp³-hybridized carbons (Fsp3) is 0.267. The third kappa shape index (κ3) is 5.32. The number of aryl methyl sites for hydroxylation is 1. The van der Waals surface area contributed by atoms with Crippen molar-refractivity contribution in [2.75, 3.05) is 32.3 Å². The average molecular weight is 563 g/mol. The van der Waals surface area contributed by atoms with Crippen LogP contribution in [0.2, 0.25) is 5.02 Å². The third-order valence-corrected chi connectivity index (χ3v) is 7.57. The SMILES string of the molecule is COCCOc1ccc(N2C(=S)N[C@H](c3ccccn3)[C@H]2c2cc(C)n(-c3ccc(OC)cc3)c2C)cc1Cl. The zero-order valence-corrected chi connectivity index (χ0v) is 23.9. The Morgan fingerprint density at radius 1 is 0.974 bits per heavy atom. The Labute approximate surface area is 239 Å². The molecule has 0 saturated carbocycles. The molecule has 0 radical (unpaired) electrons. The Kier molecular flexibility index (Phi) is 8.07. The molecule has 0 aliphatic carbocycles. The van der Waals surface area contributed by atoms with Gasteiger partial charge in [-0.2, -0.15) is 0 Å². The van der Waals surface area contributed by atoms with Crippen LogP contribution in [0.1, 0.15) is 34.7 Å². The van der Waals surface area contributed by atoms with E-state index in [9.17, 15) is 0 Å². The molecule has 3 heterocycles. The van der Waals surface area contributed by atoms with Gasteiger partial charge >= 0.3 is 0 Å². The van der Waals surface area contributed by atoms with E-state index in [-0.39, 0.29) is 12.1 Å². The third-order valence-electron chi connectivity index (χ3n) is 6.96. The number of nitrogens with zero attached hydrogens (tertiary/aromatic N) is 3. The quantitative estimate of drug-likeness (QED) is 0.188. The smallest absolute Gasteiger partial charge is 0.174 e. The number of rotatable bonds is 9. The maximum Gasteiger partial charge on any atom is 0.174 e. The number of pyridine rings is 1. The average Bonchev–Trinajstić information content (AvgIpc) is 3.45. The lowest BCUT2D eigenvalue weighted by atomic mass is 9.96. The molecule has 1 fully saturated rings. The fourth-order valence-electron chi connectivity index (χ4n) is 5.16. The standard InChI is InChI=1S/C30H31ClN4O3S/c1-19-17-24(20(2)34(19)21-8-11-23(37-4)12-9-21)29-28(26-7-5-6-14-32-26)33-30(39)35(29)22-10-13-27(25(31)18-22)38-16-15-36-3/h5-14,17-18,28-29H,15-16H2,1-4H3,(H,33,39)/t28-,29-/m1/s1. The molecule has 7 nitrogen and oxygen atoms in total. The van der Waals surface area contributed by atoms with Crippen molar-refractivity contribution in [2.24, 2.45) is 0 Å². The number of halogens is 1. The summed E-state index contributed by atoms with van der Waals surface area (Å²) in [7, 11) is 3.31. The highest BCUT2D eigenvalue weighted by Crippen LogP contribution is 2.45. The summed E-state index contributed by atoms with van der Waals surface area (Å²) in [5.41, 5.74) is 6.22. The van der Waals surface area contributed by atoms with Crippen LogP contribution in [-0.4, -0.2) is 42.1 Å². The minimum atomic E-state index is -0.167. The summed E-state index contributed by atoms with van der Waals surface area (Å²) >= 11 is 12.6. The van der Waals surface area contributed by atoms with E-state index in [0.29, 0.717) is 29.1 Å². The van der Waals surface area contributed by atoms with Crippen molar-refractivity contribution in [3.63, 3.8) is 0 Å². The van der Waals surface area contributed by atoms with Gasteiger partial charge in [0, 0.05) is 36.1 Å². The molecule has 1 N–H and O–H groups in total. The largest absolute Gasteiger partial charge is 0.497 e. The van der Waals surface area contributed by atoms with E-state index in [1.165, 1.54) is 0 Å². The molecule has 202 valence electrons. The Morgan fingerprint density at radius 2 is 1.74 bits per heavy atom. The highest BCUT2D eigenvalue weighted by molar-refractivity contribution is 7.80. The lowest BCUT2D eigenvalue weighted by Gasteiger charge is -2.28. The Morgan fingerprint density at radius 3 is 2.41 bits per heavy atom. The topological polar surface area (TPSA) is 60.8 Å². The number of anilines is 1. The summed E-state index contributed by atoms with van der Waals surface area (Å²) in [6.07, 6.45) is 1.81. The van der Waals surface area contributed by atoms with E-state index >= 15 is 0 Å². The number of methoxy groups -OCH3 is 2. The number of benzene rings is 2. The van der Waals surface area contributed by atoms with Crippen LogP contribution >= 0.6 is 23.8 Å². The lowest BCUT2D eigenvalue weighted by Crippen LogP contribution is -2.29. The molecular weight excluding hydrogens is 532 g/mol. The van der Waals surface area contributed by atoms with Crippen LogP contribution in [0.15, 0.2) is 72.9 Å². The molecule has 39 heavy (non-hydrogen) atoms. The summed E-state index contributed by atoms with van der Waals surface area (Å²) in [5, 5.41) is 4.65. The van der Waals surface area contributed by atoms with Crippen molar-refractivity contribution in [2.45, 2.75) is 25.9 Å². The zero-order chi connectivity index (χ0) is 27.5. The van der Waals surface area contributed by atoms with Gasteiger partial charge in [0.2, 0.25) is 0 Å². The molecule has 5 rings (SSSR count). The summed E-state index contributed by atoms with van der Waals surface area (Å²) < 4.78 is 18.5. The van der Waals surface area contributed by atoms with Crippen LogP contribution in [0.3, 0.4) is 0 Å². The second-order valence-electron chi connectivity index (χ2n) is 9.31. The van der Waals surface area contributed by atoms with Gasteiger partial charge in [0.1, 0.15) is 18.1 Å². The van der Waals surface area contributed by atoms with Crippen molar-refractivity contribution < 1.29 is 14.2 Å². The normalized spacial score (nSPS) is 16.8. The van der Waals surface area contributed by atoms with Crippen LogP contribution < -0.4 is 19.7 Å². The number of ether oxygens (including phenoxy) is 3. The fourth-order valence-corrected chi connectivity index (χ4v) is 5.73. The molecule has 2 aromatic heterocycles. The number of thiocarbonyl (C=S) groups is 1. The van der Waals surface area contributed by atoms with Crippen LogP contribution in [0, 0.1) is 13.8 Å². The van der Waals surface area contributed by atoms with Gasteiger partial charge in [-0.1, -0.05) is 17.7 Å². The monoisotopic (exact) mass is 562 g/mol. The highest BCUT2D eigenvalue weighted by Gasteiger charge is 2.42. The Hall–Kier alpha value is -3.59. The second kappa shape index (κ2) is 11.7. The predicted octanol–water partition coefficient (Wildman–Crippen LogP) is 6.35. The van der Waals surface area contributed by atoms with Gasteiger partial charge in [-0.05, 0) is 92.3 Å². The molecule has 1 saturated heterocycles. The van der Waals surface area contributed by atoms with E-state index < -0.39 is 0 Å². The number of aromatic nitrogens is 2. The lowest BCUT2D eigenvalue weighted by molar-refractivity contribution is 0.146. The zero-order valence-electron chi connectivity index (χ0n) is 22.3. The molecule has 1 aliphatic rings. The van der Waals surface area contributed by atoms with E-state index in [2.05, 4.69) is 51.8 Å². The molecule has 9 heteroatoms. The van der Waals surface area contributed by atoms with E-state index in [1.54, 1.807) is 14.2 Å². The first-order chi connectivity index (χ1) is 18.9. The van der Waals surface area contributed by atoms with Crippen molar-refractivity contribution in [1.29, 1.82) is 0 Å². The summed E-state index contributed by atoms with van der Waals surface area (Å²) in [6.45, 7) is 5.16.